The van der Waals surface area contributed by atoms with Crippen LogP contribution in [0.1, 0.15) is 13.3 Å². The van der Waals surface area contributed by atoms with E-state index in [0.717, 1.165) is 52.2 Å². The molecule has 1 rings (SSSR count). The summed E-state index contributed by atoms with van der Waals surface area (Å²) in [7, 11) is 0. The summed E-state index contributed by atoms with van der Waals surface area (Å²) in [6, 6.07) is 0. The topological polar surface area (TPSA) is 55.8 Å². The normalized spacial score (nSPS) is 19.4. The van der Waals surface area contributed by atoms with Crippen molar-refractivity contribution in [3.8, 4) is 0 Å². The highest BCUT2D eigenvalue weighted by atomic mass is 16.3. The van der Waals surface area contributed by atoms with E-state index in [-0.39, 0.29) is 12.5 Å². The van der Waals surface area contributed by atoms with Gasteiger partial charge in [0, 0.05) is 39.6 Å². The summed E-state index contributed by atoms with van der Waals surface area (Å²) in [6.45, 7) is 8.41. The molecule has 0 atom stereocenters. The summed E-state index contributed by atoms with van der Waals surface area (Å²) < 4.78 is 0. The smallest absolute Gasteiger partial charge is 0.216 e. The average Bonchev–Trinajstić information content (AvgIpc) is 2.44. The van der Waals surface area contributed by atoms with Crippen LogP contribution in [0.3, 0.4) is 0 Å². The molecule has 0 radical (unpaired) electrons. The zero-order valence-electron chi connectivity index (χ0n) is 10.1. The van der Waals surface area contributed by atoms with Crippen LogP contribution < -0.4 is 5.32 Å². The van der Waals surface area contributed by atoms with E-state index in [9.17, 15) is 4.79 Å². The van der Waals surface area contributed by atoms with Crippen LogP contribution in [0.15, 0.2) is 0 Å². The molecule has 0 aromatic carbocycles. The number of amides is 1. The van der Waals surface area contributed by atoms with E-state index in [4.69, 9.17) is 5.11 Å². The standard InChI is InChI=1S/C11H23N3O2/c1-11(16)12-3-6-13-4-2-5-14(8-7-13)9-10-15/h15H,2-10H2,1H3,(H,12,16). The maximum Gasteiger partial charge on any atom is 0.216 e. The highest BCUT2D eigenvalue weighted by molar-refractivity contribution is 5.72. The maximum absolute atomic E-state index is 10.7. The molecule has 5 nitrogen and oxygen atoms in total. The molecule has 1 aliphatic rings. The minimum absolute atomic E-state index is 0.0386. The lowest BCUT2D eigenvalue weighted by molar-refractivity contribution is -0.119. The third-order valence-electron chi connectivity index (χ3n) is 2.90. The van der Waals surface area contributed by atoms with Crippen molar-refractivity contribution in [1.82, 2.24) is 15.1 Å². The molecule has 16 heavy (non-hydrogen) atoms. The Hall–Kier alpha value is -0.650. The number of hydrogen-bond acceptors (Lipinski definition) is 4. The molecule has 0 bridgehead atoms. The Kier molecular flexibility index (Phi) is 6.37. The molecule has 0 saturated carbocycles. The van der Waals surface area contributed by atoms with E-state index in [1.54, 1.807) is 6.92 Å². The van der Waals surface area contributed by atoms with Crippen LogP contribution in [0, 0.1) is 0 Å². The van der Waals surface area contributed by atoms with Gasteiger partial charge in [0.05, 0.1) is 6.61 Å². The Balaban J connectivity index is 2.17. The molecule has 5 heteroatoms. The van der Waals surface area contributed by atoms with E-state index >= 15 is 0 Å². The van der Waals surface area contributed by atoms with Gasteiger partial charge in [-0.25, -0.2) is 0 Å². The summed E-state index contributed by atoms with van der Waals surface area (Å²) in [5.41, 5.74) is 0. The first-order valence-electron chi connectivity index (χ1n) is 6.02. The summed E-state index contributed by atoms with van der Waals surface area (Å²) in [4.78, 5) is 15.4. The molecular weight excluding hydrogens is 206 g/mol. The predicted molar refractivity (Wildman–Crippen MR) is 63.3 cm³/mol. The Morgan fingerprint density at radius 2 is 1.81 bits per heavy atom. The molecule has 0 aliphatic carbocycles. The lowest BCUT2D eigenvalue weighted by Gasteiger charge is -2.21. The van der Waals surface area contributed by atoms with Crippen molar-refractivity contribution >= 4 is 5.91 Å². The predicted octanol–water partition coefficient (Wildman–Crippen LogP) is -0.877. The van der Waals surface area contributed by atoms with Gasteiger partial charge in [-0.3, -0.25) is 9.69 Å². The van der Waals surface area contributed by atoms with Gasteiger partial charge in [-0.05, 0) is 19.5 Å². The van der Waals surface area contributed by atoms with Crippen LogP contribution in [0.25, 0.3) is 0 Å². The van der Waals surface area contributed by atoms with E-state index in [1.807, 2.05) is 0 Å². The highest BCUT2D eigenvalue weighted by Gasteiger charge is 2.13. The first-order valence-corrected chi connectivity index (χ1v) is 6.02. The fourth-order valence-electron chi connectivity index (χ4n) is 2.00. The summed E-state index contributed by atoms with van der Waals surface area (Å²) in [5.74, 6) is 0.0386. The second-order valence-corrected chi connectivity index (χ2v) is 4.24. The van der Waals surface area contributed by atoms with E-state index in [0.29, 0.717) is 0 Å². The van der Waals surface area contributed by atoms with Crippen molar-refractivity contribution in [1.29, 1.82) is 0 Å². The Morgan fingerprint density at radius 1 is 1.19 bits per heavy atom. The Bertz CT molecular complexity index is 211. The molecular formula is C11H23N3O2. The second kappa shape index (κ2) is 7.60. The quantitative estimate of drug-likeness (QED) is 0.643. The van der Waals surface area contributed by atoms with Crippen molar-refractivity contribution in [2.75, 3.05) is 52.4 Å². The molecule has 1 amide bonds. The fraction of sp³-hybridized carbons (Fsp3) is 0.909. The molecule has 94 valence electrons. The number of carbonyl (C=O) groups is 1. The largest absolute Gasteiger partial charge is 0.395 e. The molecule has 1 heterocycles. The van der Waals surface area contributed by atoms with Crippen LogP contribution in [-0.2, 0) is 4.79 Å². The van der Waals surface area contributed by atoms with Gasteiger partial charge in [-0.2, -0.15) is 0 Å². The molecule has 2 N–H and O–H groups in total. The molecule has 0 aromatic rings. The van der Waals surface area contributed by atoms with Crippen LogP contribution in [-0.4, -0.2) is 73.2 Å². The Labute approximate surface area is 97.4 Å². The fourth-order valence-corrected chi connectivity index (χ4v) is 2.00. The third kappa shape index (κ3) is 5.44. The molecule has 0 spiro atoms. The molecule has 1 fully saturated rings. The van der Waals surface area contributed by atoms with Crippen LogP contribution in [0.2, 0.25) is 0 Å². The van der Waals surface area contributed by atoms with Crippen molar-refractivity contribution in [2.45, 2.75) is 13.3 Å². The number of aliphatic hydroxyl groups excluding tert-OH is 1. The number of carbonyl (C=O) groups excluding carboxylic acids is 1. The zero-order chi connectivity index (χ0) is 11.8. The average molecular weight is 229 g/mol. The molecule has 0 aromatic heterocycles. The van der Waals surface area contributed by atoms with Crippen LogP contribution >= 0.6 is 0 Å². The first-order chi connectivity index (χ1) is 7.72. The van der Waals surface area contributed by atoms with Crippen molar-refractivity contribution < 1.29 is 9.90 Å². The third-order valence-corrected chi connectivity index (χ3v) is 2.90. The van der Waals surface area contributed by atoms with Gasteiger partial charge < -0.3 is 15.3 Å². The van der Waals surface area contributed by atoms with Gasteiger partial charge >= 0.3 is 0 Å². The number of nitrogens with zero attached hydrogens (tertiary/aromatic N) is 2. The lowest BCUT2D eigenvalue weighted by atomic mass is 10.4. The van der Waals surface area contributed by atoms with Gasteiger partial charge in [0.25, 0.3) is 0 Å². The Morgan fingerprint density at radius 3 is 2.38 bits per heavy atom. The van der Waals surface area contributed by atoms with Crippen molar-refractivity contribution in [3.05, 3.63) is 0 Å². The molecule has 0 unspecified atom stereocenters. The molecule has 1 saturated heterocycles. The molecule has 1 aliphatic heterocycles. The van der Waals surface area contributed by atoms with Gasteiger partial charge in [-0.15, -0.1) is 0 Å². The van der Waals surface area contributed by atoms with Gasteiger partial charge in [-0.1, -0.05) is 0 Å². The lowest BCUT2D eigenvalue weighted by Crippen LogP contribution is -2.37. The van der Waals surface area contributed by atoms with Gasteiger partial charge in [0.1, 0.15) is 0 Å². The highest BCUT2D eigenvalue weighted by Crippen LogP contribution is 2.01. The van der Waals surface area contributed by atoms with E-state index in [1.165, 1.54) is 0 Å². The van der Waals surface area contributed by atoms with Gasteiger partial charge in [0.15, 0.2) is 0 Å². The SMILES string of the molecule is CC(=O)NCCN1CCCN(CCO)CC1. The number of nitrogens with one attached hydrogen (secondary N) is 1. The van der Waals surface area contributed by atoms with E-state index < -0.39 is 0 Å². The number of aliphatic hydroxyl groups is 1. The van der Waals surface area contributed by atoms with Gasteiger partial charge in [0.2, 0.25) is 5.91 Å². The van der Waals surface area contributed by atoms with E-state index in [2.05, 4.69) is 15.1 Å². The second-order valence-electron chi connectivity index (χ2n) is 4.24. The summed E-state index contributed by atoms with van der Waals surface area (Å²) >= 11 is 0. The number of rotatable bonds is 5. The van der Waals surface area contributed by atoms with Crippen molar-refractivity contribution in [3.63, 3.8) is 0 Å². The summed E-state index contributed by atoms with van der Waals surface area (Å²) in [6.07, 6.45) is 1.14. The van der Waals surface area contributed by atoms with Crippen LogP contribution in [0.5, 0.6) is 0 Å². The van der Waals surface area contributed by atoms with Crippen LogP contribution in [0.4, 0.5) is 0 Å². The minimum Gasteiger partial charge on any atom is -0.395 e. The number of hydrogen-bond donors (Lipinski definition) is 2. The zero-order valence-corrected chi connectivity index (χ0v) is 10.1. The minimum atomic E-state index is 0.0386. The maximum atomic E-state index is 10.7. The van der Waals surface area contributed by atoms with Crippen molar-refractivity contribution in [2.24, 2.45) is 0 Å². The first kappa shape index (κ1) is 13.4. The number of β-amino-alcohol motifs (C(OH)–C–C–N with tert-alkyl or cyclic N) is 1. The monoisotopic (exact) mass is 229 g/mol. The summed E-state index contributed by atoms with van der Waals surface area (Å²) in [5, 5.41) is 11.7.